The first-order valence-corrected chi connectivity index (χ1v) is 10.7. The van der Waals surface area contributed by atoms with Crippen LogP contribution in [0.15, 0.2) is 41.3 Å². The summed E-state index contributed by atoms with van der Waals surface area (Å²) in [5.41, 5.74) is 2.46. The van der Waals surface area contributed by atoms with E-state index in [1.54, 1.807) is 6.07 Å². The molecule has 0 aliphatic rings. The van der Waals surface area contributed by atoms with E-state index in [-0.39, 0.29) is 27.4 Å². The van der Waals surface area contributed by atoms with Crippen molar-refractivity contribution in [3.05, 3.63) is 58.1 Å². The van der Waals surface area contributed by atoms with Crippen LogP contribution in [0.25, 0.3) is 0 Å². The molecule has 2 rings (SSSR count). The average Bonchev–Trinajstić information content (AvgIpc) is 2.58. The molecule has 2 N–H and O–H groups in total. The summed E-state index contributed by atoms with van der Waals surface area (Å²) in [7, 11) is -3.94. The molecule has 0 unspecified atom stereocenters. The Labute approximate surface area is 166 Å². The lowest BCUT2D eigenvalue weighted by Crippen LogP contribution is -2.32. The van der Waals surface area contributed by atoms with Gasteiger partial charge in [-0.25, -0.2) is 8.42 Å². The maximum Gasteiger partial charge on any atom is 0.263 e. The lowest BCUT2D eigenvalue weighted by molar-refractivity contribution is 0.0938. The van der Waals surface area contributed by atoms with Gasteiger partial charge in [0.15, 0.2) is 0 Å². The second-order valence-electron chi connectivity index (χ2n) is 6.73. The van der Waals surface area contributed by atoms with E-state index >= 15 is 0 Å². The molecule has 0 aromatic heterocycles. The number of anilines is 1. The first-order chi connectivity index (χ1) is 12.6. The molecule has 0 saturated heterocycles. The lowest BCUT2D eigenvalue weighted by atomic mass is 10.1. The Hall–Kier alpha value is -2.05. The fraction of sp³-hybridized carbons (Fsp3) is 0.350. The molecule has 0 bridgehead atoms. The van der Waals surface area contributed by atoms with E-state index in [2.05, 4.69) is 10.0 Å². The van der Waals surface area contributed by atoms with Crippen molar-refractivity contribution in [1.82, 2.24) is 5.32 Å². The molecule has 1 atom stereocenters. The molecule has 0 spiro atoms. The molecule has 2 aromatic rings. The Bertz CT molecular complexity index is 942. The number of hydrogen-bond donors (Lipinski definition) is 2. The molecule has 2 aromatic carbocycles. The second kappa shape index (κ2) is 8.76. The van der Waals surface area contributed by atoms with Crippen LogP contribution in [0.2, 0.25) is 5.02 Å². The SMILES string of the molecule is CCC[C@H](C)NC(=O)c1ccc(Cl)c(S(=O)(=O)Nc2cc(C)ccc2C)c1. The van der Waals surface area contributed by atoms with Crippen molar-refractivity contribution < 1.29 is 13.2 Å². The first-order valence-electron chi connectivity index (χ1n) is 8.84. The smallest absolute Gasteiger partial charge is 0.263 e. The predicted molar refractivity (Wildman–Crippen MR) is 110 cm³/mol. The molecular formula is C20H25ClN2O3S. The summed E-state index contributed by atoms with van der Waals surface area (Å²) in [6.07, 6.45) is 1.79. The second-order valence-corrected chi connectivity index (χ2v) is 8.79. The number of halogens is 1. The molecule has 0 heterocycles. The number of carbonyl (C=O) groups is 1. The van der Waals surface area contributed by atoms with Gasteiger partial charge in [0.25, 0.3) is 15.9 Å². The number of amides is 1. The minimum Gasteiger partial charge on any atom is -0.350 e. The van der Waals surface area contributed by atoms with Crippen LogP contribution in [0.5, 0.6) is 0 Å². The van der Waals surface area contributed by atoms with Gasteiger partial charge in [0.05, 0.1) is 10.7 Å². The Balaban J connectivity index is 2.33. The van der Waals surface area contributed by atoms with Crippen LogP contribution < -0.4 is 10.0 Å². The average molecular weight is 409 g/mol. The Kier molecular flexibility index (Phi) is 6.89. The number of rotatable bonds is 7. The van der Waals surface area contributed by atoms with E-state index in [1.807, 2.05) is 39.8 Å². The van der Waals surface area contributed by atoms with Gasteiger partial charge in [-0.3, -0.25) is 9.52 Å². The molecule has 0 saturated carbocycles. The van der Waals surface area contributed by atoms with Crippen molar-refractivity contribution in [1.29, 1.82) is 0 Å². The third-order valence-corrected chi connectivity index (χ3v) is 6.07. The summed E-state index contributed by atoms with van der Waals surface area (Å²) in [6.45, 7) is 7.65. The van der Waals surface area contributed by atoms with Crippen LogP contribution in [-0.2, 0) is 10.0 Å². The largest absolute Gasteiger partial charge is 0.350 e. The van der Waals surface area contributed by atoms with Crippen LogP contribution in [0.1, 0.15) is 48.2 Å². The van der Waals surface area contributed by atoms with Gasteiger partial charge in [0.1, 0.15) is 4.90 Å². The molecule has 146 valence electrons. The molecule has 27 heavy (non-hydrogen) atoms. The molecular weight excluding hydrogens is 384 g/mol. The zero-order valence-corrected chi connectivity index (χ0v) is 17.5. The van der Waals surface area contributed by atoms with E-state index in [1.165, 1.54) is 18.2 Å². The number of hydrogen-bond acceptors (Lipinski definition) is 3. The zero-order valence-electron chi connectivity index (χ0n) is 16.0. The highest BCUT2D eigenvalue weighted by atomic mass is 35.5. The first kappa shape index (κ1) is 21.3. The Morgan fingerprint density at radius 2 is 1.85 bits per heavy atom. The molecule has 0 fully saturated rings. The van der Waals surface area contributed by atoms with E-state index in [9.17, 15) is 13.2 Å². The highest BCUT2D eigenvalue weighted by Gasteiger charge is 2.21. The lowest BCUT2D eigenvalue weighted by Gasteiger charge is -2.15. The van der Waals surface area contributed by atoms with Gasteiger partial charge < -0.3 is 5.32 Å². The molecule has 0 aliphatic carbocycles. The maximum atomic E-state index is 12.9. The standard InChI is InChI=1S/C20H25ClN2O3S/c1-5-6-15(4)22-20(24)16-9-10-17(21)19(12-16)27(25,26)23-18-11-13(2)7-8-14(18)3/h7-12,15,23H,5-6H2,1-4H3,(H,22,24)/t15-/m0/s1. The normalized spacial score (nSPS) is 12.5. The van der Waals surface area contributed by atoms with Gasteiger partial charge in [-0.2, -0.15) is 0 Å². The molecule has 1 amide bonds. The summed E-state index contributed by atoms with van der Waals surface area (Å²) in [6, 6.07) is 9.77. The van der Waals surface area contributed by atoms with Crippen molar-refractivity contribution in [2.75, 3.05) is 4.72 Å². The van der Waals surface area contributed by atoms with Gasteiger partial charge in [-0.05, 0) is 62.6 Å². The van der Waals surface area contributed by atoms with Crippen LogP contribution >= 0.6 is 11.6 Å². The highest BCUT2D eigenvalue weighted by molar-refractivity contribution is 7.92. The molecule has 0 aliphatic heterocycles. The monoisotopic (exact) mass is 408 g/mol. The van der Waals surface area contributed by atoms with Crippen LogP contribution in [0.4, 0.5) is 5.69 Å². The van der Waals surface area contributed by atoms with Crippen LogP contribution in [0.3, 0.4) is 0 Å². The van der Waals surface area contributed by atoms with Gasteiger partial charge in [-0.1, -0.05) is 37.1 Å². The molecule has 0 radical (unpaired) electrons. The van der Waals surface area contributed by atoms with Crippen molar-refractivity contribution in [3.8, 4) is 0 Å². The van der Waals surface area contributed by atoms with E-state index in [0.717, 1.165) is 24.0 Å². The summed E-state index contributed by atoms with van der Waals surface area (Å²) in [5.74, 6) is -0.323. The third kappa shape index (κ3) is 5.47. The number of sulfonamides is 1. The van der Waals surface area contributed by atoms with Crippen LogP contribution in [0, 0.1) is 13.8 Å². The zero-order chi connectivity index (χ0) is 20.2. The maximum absolute atomic E-state index is 12.9. The number of carbonyl (C=O) groups excluding carboxylic acids is 1. The predicted octanol–water partition coefficient (Wildman–Crippen LogP) is 4.68. The minimum atomic E-state index is -3.94. The van der Waals surface area contributed by atoms with Gasteiger partial charge in [-0.15, -0.1) is 0 Å². The molecule has 5 nitrogen and oxygen atoms in total. The summed E-state index contributed by atoms with van der Waals surface area (Å²) < 4.78 is 28.3. The van der Waals surface area contributed by atoms with Gasteiger partial charge in [0.2, 0.25) is 0 Å². The Morgan fingerprint density at radius 1 is 1.15 bits per heavy atom. The van der Waals surface area contributed by atoms with Crippen molar-refractivity contribution in [2.24, 2.45) is 0 Å². The Morgan fingerprint density at radius 3 is 2.52 bits per heavy atom. The van der Waals surface area contributed by atoms with E-state index in [4.69, 9.17) is 11.6 Å². The third-order valence-electron chi connectivity index (χ3n) is 4.22. The van der Waals surface area contributed by atoms with Gasteiger partial charge in [0, 0.05) is 11.6 Å². The fourth-order valence-corrected chi connectivity index (χ4v) is 4.36. The summed E-state index contributed by atoms with van der Waals surface area (Å²) in [4.78, 5) is 12.3. The minimum absolute atomic E-state index is 0.00584. The van der Waals surface area contributed by atoms with E-state index in [0.29, 0.717) is 5.69 Å². The van der Waals surface area contributed by atoms with Gasteiger partial charge >= 0.3 is 0 Å². The number of benzene rings is 2. The quantitative estimate of drug-likeness (QED) is 0.698. The number of nitrogens with one attached hydrogen (secondary N) is 2. The summed E-state index contributed by atoms with van der Waals surface area (Å²) >= 11 is 6.13. The van der Waals surface area contributed by atoms with Crippen molar-refractivity contribution >= 4 is 33.2 Å². The molecule has 7 heteroatoms. The number of aryl methyl sites for hydroxylation is 2. The topological polar surface area (TPSA) is 75.3 Å². The van der Waals surface area contributed by atoms with Crippen LogP contribution in [-0.4, -0.2) is 20.4 Å². The highest BCUT2D eigenvalue weighted by Crippen LogP contribution is 2.27. The van der Waals surface area contributed by atoms with E-state index < -0.39 is 10.0 Å². The van der Waals surface area contributed by atoms with Crippen molar-refractivity contribution in [2.45, 2.75) is 51.5 Å². The summed E-state index contributed by atoms with van der Waals surface area (Å²) in [5, 5.41) is 2.93. The van der Waals surface area contributed by atoms with Crippen molar-refractivity contribution in [3.63, 3.8) is 0 Å². The fourth-order valence-electron chi connectivity index (χ4n) is 2.71.